The molecule has 3 heterocycles. The number of amidine groups is 1. The molecule has 0 fully saturated rings. The Hall–Kier alpha value is -3.75. The molecule has 0 saturated heterocycles. The van der Waals surface area contributed by atoms with E-state index in [1.165, 1.54) is 10.6 Å². The Bertz CT molecular complexity index is 1230. The Kier molecular flexibility index (Phi) is 4.42. The van der Waals surface area contributed by atoms with Crippen LogP contribution in [0.3, 0.4) is 0 Å². The molecule has 8 nitrogen and oxygen atoms in total. The lowest BCUT2D eigenvalue weighted by atomic mass is 10.1. The number of halogens is 1. The first-order chi connectivity index (χ1) is 14.6. The van der Waals surface area contributed by atoms with E-state index in [1.54, 1.807) is 18.2 Å². The van der Waals surface area contributed by atoms with Gasteiger partial charge in [0.25, 0.3) is 0 Å². The van der Waals surface area contributed by atoms with E-state index in [0.717, 1.165) is 29.0 Å². The van der Waals surface area contributed by atoms with Gasteiger partial charge in [0, 0.05) is 30.8 Å². The molecule has 0 unspecified atom stereocenters. The minimum absolute atomic E-state index is 0.0413. The Balaban J connectivity index is 1.44. The molecule has 30 heavy (non-hydrogen) atoms. The number of aliphatic imine (C=N–C) groups is 1. The van der Waals surface area contributed by atoms with E-state index < -0.39 is 11.6 Å². The van der Waals surface area contributed by atoms with Crippen molar-refractivity contribution in [2.24, 2.45) is 4.99 Å². The number of rotatable bonds is 4. The predicted octanol–water partition coefficient (Wildman–Crippen LogP) is 1.46. The topological polar surface area (TPSA) is 84.5 Å². The molecule has 152 valence electrons. The fourth-order valence-electron chi connectivity index (χ4n) is 3.80. The number of carbonyl (C=O) groups is 1. The number of aromatic nitrogens is 3. The van der Waals surface area contributed by atoms with Crippen molar-refractivity contribution >= 4 is 17.7 Å². The molecule has 0 bridgehead atoms. The summed E-state index contributed by atoms with van der Waals surface area (Å²) in [6.45, 7) is 1.21. The van der Waals surface area contributed by atoms with E-state index in [2.05, 4.69) is 15.4 Å². The van der Waals surface area contributed by atoms with Gasteiger partial charge >= 0.3 is 5.69 Å². The summed E-state index contributed by atoms with van der Waals surface area (Å²) < 4.78 is 16.4. The third kappa shape index (κ3) is 2.99. The number of anilines is 1. The van der Waals surface area contributed by atoms with Crippen molar-refractivity contribution < 1.29 is 9.18 Å². The second kappa shape index (κ2) is 7.25. The fourth-order valence-corrected chi connectivity index (χ4v) is 3.80. The van der Waals surface area contributed by atoms with Gasteiger partial charge < -0.3 is 5.32 Å². The van der Waals surface area contributed by atoms with Crippen molar-refractivity contribution in [1.82, 2.24) is 19.7 Å². The van der Waals surface area contributed by atoms with Gasteiger partial charge in [-0.3, -0.25) is 14.7 Å². The van der Waals surface area contributed by atoms with Gasteiger partial charge in [0.1, 0.15) is 18.2 Å². The molecule has 2 aliphatic heterocycles. The van der Waals surface area contributed by atoms with Crippen LogP contribution < -0.4 is 15.9 Å². The quantitative estimate of drug-likeness (QED) is 0.711. The molecule has 0 atom stereocenters. The smallest absolute Gasteiger partial charge is 0.350 e. The lowest BCUT2D eigenvalue weighted by Gasteiger charge is -2.33. The average Bonchev–Trinajstić information content (AvgIpc) is 3.10. The van der Waals surface area contributed by atoms with Crippen LogP contribution in [-0.2, 0) is 17.9 Å². The summed E-state index contributed by atoms with van der Waals surface area (Å²) in [5.41, 5.74) is 1.55. The molecular formula is C21H19FN6O2. The van der Waals surface area contributed by atoms with Gasteiger partial charge in [0.15, 0.2) is 0 Å². The minimum Gasteiger partial charge on any atom is -0.350 e. The molecule has 0 saturated carbocycles. The van der Waals surface area contributed by atoms with Crippen LogP contribution in [0.25, 0.3) is 5.69 Å². The van der Waals surface area contributed by atoms with E-state index in [-0.39, 0.29) is 18.9 Å². The number of nitrogens with one attached hydrogen (secondary N) is 1. The molecule has 1 aromatic heterocycles. The average molecular weight is 406 g/mol. The van der Waals surface area contributed by atoms with Crippen molar-refractivity contribution in [3.8, 4) is 5.69 Å². The highest BCUT2D eigenvalue weighted by molar-refractivity contribution is 6.13. The maximum absolute atomic E-state index is 13.7. The zero-order chi connectivity index (χ0) is 20.7. The zero-order valence-corrected chi connectivity index (χ0v) is 16.1. The molecule has 0 radical (unpaired) electrons. The van der Waals surface area contributed by atoms with Gasteiger partial charge in [-0.05, 0) is 24.6 Å². The van der Waals surface area contributed by atoms with E-state index in [9.17, 15) is 14.0 Å². The third-order valence-electron chi connectivity index (χ3n) is 5.23. The first kappa shape index (κ1) is 18.3. The molecule has 2 aromatic carbocycles. The van der Waals surface area contributed by atoms with Crippen LogP contribution in [0.15, 0.2) is 58.3 Å². The van der Waals surface area contributed by atoms with Gasteiger partial charge in [-0.15, -0.1) is 5.10 Å². The number of carbonyl (C=O) groups excluding carboxylic acids is 1. The molecule has 2 aliphatic rings. The standard InChI is InChI=1S/C21H19FN6O2/c22-16-8-3-1-6-14(16)12-24-18(29)13-27-21(30)28-17-9-4-2-7-15(17)19-23-10-5-11-26(19)20(28)25-27/h1-4,6-9H,5,10-13H2,(H,24,29). The normalized spacial score (nSPS) is 14.4. The molecule has 5 rings (SSSR count). The van der Waals surface area contributed by atoms with Gasteiger partial charge in [0.05, 0.1) is 5.69 Å². The second-order valence-electron chi connectivity index (χ2n) is 7.17. The first-order valence-electron chi connectivity index (χ1n) is 9.75. The lowest BCUT2D eigenvalue weighted by molar-refractivity contribution is -0.122. The fraction of sp³-hybridized carbons (Fsp3) is 0.238. The number of amides is 1. The summed E-state index contributed by atoms with van der Waals surface area (Å²) in [5, 5.41) is 7.07. The third-order valence-corrected chi connectivity index (χ3v) is 5.23. The van der Waals surface area contributed by atoms with E-state index in [0.29, 0.717) is 23.7 Å². The van der Waals surface area contributed by atoms with Crippen molar-refractivity contribution in [2.45, 2.75) is 19.5 Å². The molecule has 1 amide bonds. The first-order valence-corrected chi connectivity index (χ1v) is 9.75. The highest BCUT2D eigenvalue weighted by Gasteiger charge is 2.33. The Morgan fingerprint density at radius 2 is 1.93 bits per heavy atom. The molecule has 1 N–H and O–H groups in total. The predicted molar refractivity (Wildman–Crippen MR) is 109 cm³/mol. The second-order valence-corrected chi connectivity index (χ2v) is 7.17. The maximum Gasteiger partial charge on any atom is 0.352 e. The van der Waals surface area contributed by atoms with Crippen molar-refractivity contribution in [2.75, 3.05) is 18.0 Å². The molecule has 9 heteroatoms. The van der Waals surface area contributed by atoms with E-state index in [1.807, 2.05) is 29.2 Å². The highest BCUT2D eigenvalue weighted by atomic mass is 19.1. The van der Waals surface area contributed by atoms with Gasteiger partial charge in [-0.25, -0.2) is 18.4 Å². The van der Waals surface area contributed by atoms with Crippen LogP contribution in [0.4, 0.5) is 10.3 Å². The Morgan fingerprint density at radius 1 is 1.13 bits per heavy atom. The largest absolute Gasteiger partial charge is 0.352 e. The van der Waals surface area contributed by atoms with Crippen LogP contribution in [0.5, 0.6) is 0 Å². The lowest BCUT2D eigenvalue weighted by Crippen LogP contribution is -2.42. The summed E-state index contributed by atoms with van der Waals surface area (Å²) >= 11 is 0. The molecular weight excluding hydrogens is 387 g/mol. The van der Waals surface area contributed by atoms with E-state index in [4.69, 9.17) is 0 Å². The summed E-state index contributed by atoms with van der Waals surface area (Å²) in [6, 6.07) is 13.8. The van der Waals surface area contributed by atoms with Crippen LogP contribution in [0.1, 0.15) is 17.5 Å². The number of nitrogens with zero attached hydrogens (tertiary/aromatic N) is 5. The Morgan fingerprint density at radius 3 is 2.80 bits per heavy atom. The number of hydrogen-bond donors (Lipinski definition) is 1. The van der Waals surface area contributed by atoms with Crippen LogP contribution in [-0.4, -0.2) is 39.2 Å². The summed E-state index contributed by atoms with van der Waals surface area (Å²) in [4.78, 5) is 32.0. The summed E-state index contributed by atoms with van der Waals surface area (Å²) in [7, 11) is 0. The molecule has 0 spiro atoms. The van der Waals surface area contributed by atoms with Gasteiger partial charge in [-0.1, -0.05) is 30.3 Å². The maximum atomic E-state index is 13.7. The van der Waals surface area contributed by atoms with Gasteiger partial charge in [0.2, 0.25) is 11.9 Å². The molecule has 0 aliphatic carbocycles. The van der Waals surface area contributed by atoms with Crippen molar-refractivity contribution in [1.29, 1.82) is 0 Å². The SMILES string of the molecule is O=C(Cn1nc2n(c1=O)-c1ccccc1C1=NCCCN12)NCc1ccccc1F. The summed E-state index contributed by atoms with van der Waals surface area (Å²) in [5.74, 6) is 0.446. The Labute approximate surface area is 171 Å². The van der Waals surface area contributed by atoms with E-state index >= 15 is 0 Å². The van der Waals surface area contributed by atoms with Gasteiger partial charge in [-0.2, -0.15) is 0 Å². The summed E-state index contributed by atoms with van der Waals surface area (Å²) in [6.07, 6.45) is 0.857. The van der Waals surface area contributed by atoms with Crippen LogP contribution in [0, 0.1) is 5.82 Å². The monoisotopic (exact) mass is 406 g/mol. The number of benzene rings is 2. The zero-order valence-electron chi connectivity index (χ0n) is 16.1. The number of para-hydroxylation sites is 1. The van der Waals surface area contributed by atoms with Crippen molar-refractivity contribution in [3.63, 3.8) is 0 Å². The molecule has 3 aromatic rings. The van der Waals surface area contributed by atoms with Crippen LogP contribution >= 0.6 is 0 Å². The highest BCUT2D eigenvalue weighted by Crippen LogP contribution is 2.29. The van der Waals surface area contributed by atoms with Crippen LogP contribution in [0.2, 0.25) is 0 Å². The minimum atomic E-state index is -0.420. The number of fused-ring (bicyclic) bond motifs is 6. The van der Waals surface area contributed by atoms with Crippen molar-refractivity contribution in [3.05, 3.63) is 76.0 Å². The number of hydrogen-bond acceptors (Lipinski definition) is 5.